The van der Waals surface area contributed by atoms with E-state index < -0.39 is 35.0 Å². The number of aromatic nitrogens is 2. The lowest BCUT2D eigenvalue weighted by molar-refractivity contribution is -0.119. The van der Waals surface area contributed by atoms with Crippen molar-refractivity contribution in [1.29, 1.82) is 0 Å². The first-order valence-electron chi connectivity index (χ1n) is 10.4. The average molecular weight is 477 g/mol. The Morgan fingerprint density at radius 1 is 1.27 bits per heavy atom. The lowest BCUT2D eigenvalue weighted by Crippen LogP contribution is -2.51. The summed E-state index contributed by atoms with van der Waals surface area (Å²) in [5.74, 6) is -0.0648. The highest BCUT2D eigenvalue weighted by Gasteiger charge is 2.32. The monoisotopic (exact) mass is 476 g/mol. The third-order valence-electron chi connectivity index (χ3n) is 4.54. The van der Waals surface area contributed by atoms with Crippen LogP contribution in [-0.2, 0) is 20.8 Å². The maximum absolute atomic E-state index is 13.1. The quantitative estimate of drug-likeness (QED) is 0.655. The van der Waals surface area contributed by atoms with Crippen molar-refractivity contribution in [3.8, 4) is 0 Å². The van der Waals surface area contributed by atoms with Crippen molar-refractivity contribution < 1.29 is 24.2 Å². The Morgan fingerprint density at radius 3 is 2.52 bits per heavy atom. The second kappa shape index (κ2) is 10.4. The molecule has 0 saturated carbocycles. The van der Waals surface area contributed by atoms with Crippen LogP contribution >= 0.6 is 11.8 Å². The SMILES string of the molecule is CC(=O)N(c1ccn(C2CSC(CO)O2)c(=O)n1)N(Cc1ccccc1)C(=O)OC(C)(C)C. The van der Waals surface area contributed by atoms with E-state index in [0.717, 1.165) is 15.6 Å². The summed E-state index contributed by atoms with van der Waals surface area (Å²) in [5.41, 5.74) is -1.10. The van der Waals surface area contributed by atoms with Gasteiger partial charge in [0.15, 0.2) is 5.82 Å². The molecule has 1 N–H and O–H groups in total. The van der Waals surface area contributed by atoms with Gasteiger partial charge >= 0.3 is 11.8 Å². The van der Waals surface area contributed by atoms with Crippen molar-refractivity contribution in [2.45, 2.75) is 51.5 Å². The van der Waals surface area contributed by atoms with Gasteiger partial charge < -0.3 is 14.6 Å². The molecule has 1 aliphatic heterocycles. The first kappa shape index (κ1) is 24.7. The molecule has 11 heteroatoms. The third-order valence-corrected chi connectivity index (χ3v) is 5.65. The lowest BCUT2D eigenvalue weighted by Gasteiger charge is -2.34. The standard InChI is InChI=1S/C22H28N4O6S/c1-15(28)26(17-10-11-24(20(29)23-17)18-14-33-19(13-27)31-18)25(21(30)32-22(2,3)4)12-16-8-6-5-7-9-16/h5-11,18-19,27H,12-14H2,1-4H3. The van der Waals surface area contributed by atoms with Crippen molar-refractivity contribution >= 4 is 29.6 Å². The number of hydrazine groups is 1. The molecule has 2 aromatic rings. The number of amides is 2. The molecule has 2 unspecified atom stereocenters. The van der Waals surface area contributed by atoms with Crippen LogP contribution in [0.4, 0.5) is 10.6 Å². The Balaban J connectivity index is 1.95. The Labute approximate surface area is 196 Å². The fraction of sp³-hybridized carbons (Fsp3) is 0.455. The summed E-state index contributed by atoms with van der Waals surface area (Å²) >= 11 is 1.39. The summed E-state index contributed by atoms with van der Waals surface area (Å²) in [7, 11) is 0. The number of anilines is 1. The molecule has 33 heavy (non-hydrogen) atoms. The fourth-order valence-electron chi connectivity index (χ4n) is 3.17. The molecule has 2 atom stereocenters. The first-order valence-corrected chi connectivity index (χ1v) is 11.5. The number of nitrogens with zero attached hydrogens (tertiary/aromatic N) is 4. The van der Waals surface area contributed by atoms with Crippen LogP contribution in [0.15, 0.2) is 47.4 Å². The number of hydrogen-bond donors (Lipinski definition) is 1. The molecule has 1 aliphatic rings. The molecule has 0 aliphatic carbocycles. The van der Waals surface area contributed by atoms with Crippen LogP contribution in [0.1, 0.15) is 39.5 Å². The van der Waals surface area contributed by atoms with Gasteiger partial charge in [-0.2, -0.15) is 9.99 Å². The number of thioether (sulfide) groups is 1. The summed E-state index contributed by atoms with van der Waals surface area (Å²) in [4.78, 5) is 42.5. The third kappa shape index (κ3) is 6.34. The van der Waals surface area contributed by atoms with Crippen LogP contribution in [0.2, 0.25) is 0 Å². The van der Waals surface area contributed by atoms with Crippen LogP contribution < -0.4 is 10.7 Å². The topological polar surface area (TPSA) is 114 Å². The van der Waals surface area contributed by atoms with Gasteiger partial charge in [0.05, 0.1) is 13.2 Å². The second-order valence-corrected chi connectivity index (χ2v) is 9.56. The summed E-state index contributed by atoms with van der Waals surface area (Å²) in [5, 5.41) is 11.4. The van der Waals surface area contributed by atoms with E-state index >= 15 is 0 Å². The van der Waals surface area contributed by atoms with Gasteiger partial charge in [0, 0.05) is 18.9 Å². The van der Waals surface area contributed by atoms with Crippen LogP contribution in [0, 0.1) is 0 Å². The molecular formula is C22H28N4O6S. The fourth-order valence-corrected chi connectivity index (χ4v) is 4.10. The molecule has 3 rings (SSSR count). The van der Waals surface area contributed by atoms with Crippen molar-refractivity contribution in [3.05, 3.63) is 58.6 Å². The second-order valence-electron chi connectivity index (χ2n) is 8.37. The maximum Gasteiger partial charge on any atom is 0.430 e. The summed E-state index contributed by atoms with van der Waals surface area (Å²) < 4.78 is 12.4. The molecule has 0 spiro atoms. The van der Waals surface area contributed by atoms with Crippen molar-refractivity contribution in [1.82, 2.24) is 14.6 Å². The predicted molar refractivity (Wildman–Crippen MR) is 123 cm³/mol. The van der Waals surface area contributed by atoms with E-state index in [9.17, 15) is 19.5 Å². The first-order chi connectivity index (χ1) is 15.6. The number of rotatable bonds is 5. The van der Waals surface area contributed by atoms with Crippen molar-refractivity contribution in [3.63, 3.8) is 0 Å². The number of carbonyl (C=O) groups excluding carboxylic acids is 2. The average Bonchev–Trinajstić information content (AvgIpc) is 3.21. The zero-order valence-corrected chi connectivity index (χ0v) is 19.8. The van der Waals surface area contributed by atoms with Gasteiger partial charge in [-0.1, -0.05) is 30.3 Å². The van der Waals surface area contributed by atoms with E-state index in [2.05, 4.69) is 4.98 Å². The van der Waals surface area contributed by atoms with E-state index in [1.165, 1.54) is 35.5 Å². The number of aliphatic hydroxyl groups is 1. The minimum Gasteiger partial charge on any atom is -0.442 e. The predicted octanol–water partition coefficient (Wildman–Crippen LogP) is 2.53. The molecule has 1 saturated heterocycles. The highest BCUT2D eigenvalue weighted by Crippen LogP contribution is 2.30. The summed E-state index contributed by atoms with van der Waals surface area (Å²) in [6.07, 6.45) is 0.119. The highest BCUT2D eigenvalue weighted by molar-refractivity contribution is 8.00. The molecule has 10 nitrogen and oxygen atoms in total. The van der Waals surface area contributed by atoms with Crippen LogP contribution in [0.5, 0.6) is 0 Å². The van der Waals surface area contributed by atoms with Crippen LogP contribution in [0.25, 0.3) is 0 Å². The Hall–Kier alpha value is -2.89. The minimum absolute atomic E-state index is 0.0186. The zero-order chi connectivity index (χ0) is 24.2. The maximum atomic E-state index is 13.1. The van der Waals surface area contributed by atoms with E-state index in [1.54, 1.807) is 20.8 Å². The smallest absolute Gasteiger partial charge is 0.430 e. The van der Waals surface area contributed by atoms with Crippen LogP contribution in [-0.4, -0.2) is 55.1 Å². The van der Waals surface area contributed by atoms with Crippen molar-refractivity contribution in [2.24, 2.45) is 0 Å². The molecule has 2 heterocycles. The molecular weight excluding hydrogens is 448 g/mol. The van der Waals surface area contributed by atoms with Crippen LogP contribution in [0.3, 0.4) is 0 Å². The highest BCUT2D eigenvalue weighted by atomic mass is 32.2. The Kier molecular flexibility index (Phi) is 7.77. The number of benzene rings is 1. The number of hydrogen-bond acceptors (Lipinski definition) is 8. The molecule has 1 fully saturated rings. The number of ether oxygens (including phenoxy) is 2. The molecule has 0 radical (unpaired) electrons. The lowest BCUT2D eigenvalue weighted by atomic mass is 10.2. The molecule has 2 amide bonds. The largest absolute Gasteiger partial charge is 0.442 e. The Morgan fingerprint density at radius 2 is 1.97 bits per heavy atom. The van der Waals surface area contributed by atoms with Gasteiger partial charge in [-0.15, -0.1) is 11.8 Å². The molecule has 1 aromatic carbocycles. The van der Waals surface area contributed by atoms with Crippen molar-refractivity contribution in [2.75, 3.05) is 17.4 Å². The van der Waals surface area contributed by atoms with E-state index in [-0.39, 0.29) is 19.0 Å². The van der Waals surface area contributed by atoms with Gasteiger partial charge in [0.25, 0.3) is 0 Å². The summed E-state index contributed by atoms with van der Waals surface area (Å²) in [6, 6.07) is 10.6. The molecule has 1 aromatic heterocycles. The normalized spacial score (nSPS) is 18.1. The van der Waals surface area contributed by atoms with Gasteiger partial charge in [-0.05, 0) is 32.4 Å². The number of carbonyl (C=O) groups is 2. The zero-order valence-electron chi connectivity index (χ0n) is 19.0. The minimum atomic E-state index is -0.800. The van der Waals surface area contributed by atoms with Gasteiger partial charge in [0.2, 0.25) is 5.91 Å². The Bertz CT molecular complexity index is 1040. The van der Waals surface area contributed by atoms with Gasteiger partial charge in [0.1, 0.15) is 17.3 Å². The van der Waals surface area contributed by atoms with E-state index in [0.29, 0.717) is 5.75 Å². The van der Waals surface area contributed by atoms with E-state index in [4.69, 9.17) is 9.47 Å². The summed E-state index contributed by atoms with van der Waals surface area (Å²) in [6.45, 7) is 6.32. The van der Waals surface area contributed by atoms with E-state index in [1.807, 2.05) is 30.3 Å². The van der Waals surface area contributed by atoms with Gasteiger partial charge in [-0.3, -0.25) is 9.36 Å². The molecule has 0 bridgehead atoms. The van der Waals surface area contributed by atoms with Gasteiger partial charge in [-0.25, -0.2) is 14.6 Å². The molecule has 178 valence electrons. The number of aliphatic hydroxyl groups excluding tert-OH is 1.